The minimum absolute atomic E-state index is 0.0727. The van der Waals surface area contributed by atoms with Gasteiger partial charge in [0.1, 0.15) is 5.82 Å². The van der Waals surface area contributed by atoms with Crippen molar-refractivity contribution in [3.05, 3.63) is 30.1 Å². The van der Waals surface area contributed by atoms with Crippen LogP contribution in [0.5, 0.6) is 0 Å². The van der Waals surface area contributed by atoms with Crippen molar-refractivity contribution in [2.24, 2.45) is 0 Å². The molecule has 0 aliphatic carbocycles. The van der Waals surface area contributed by atoms with E-state index >= 15 is 0 Å². The Hall–Kier alpha value is -1.35. The van der Waals surface area contributed by atoms with Crippen LogP contribution in [0.4, 0.5) is 0 Å². The number of fused-ring (bicyclic) bond motifs is 1. The van der Waals surface area contributed by atoms with Crippen LogP contribution >= 0.6 is 0 Å². The Morgan fingerprint density at radius 1 is 1.37 bits per heavy atom. The van der Waals surface area contributed by atoms with Crippen LogP contribution in [0.25, 0.3) is 11.0 Å². The fraction of sp³-hybridized carbons (Fsp3) is 0.562. The van der Waals surface area contributed by atoms with Crippen molar-refractivity contribution in [3.63, 3.8) is 0 Å². The zero-order chi connectivity index (χ0) is 13.5. The lowest BCUT2D eigenvalue weighted by Gasteiger charge is -2.29. The van der Waals surface area contributed by atoms with E-state index in [0.717, 1.165) is 18.5 Å². The van der Waals surface area contributed by atoms with E-state index < -0.39 is 0 Å². The summed E-state index contributed by atoms with van der Waals surface area (Å²) < 4.78 is 2.41. The molecule has 1 aromatic heterocycles. The van der Waals surface area contributed by atoms with Crippen molar-refractivity contribution in [2.45, 2.75) is 51.6 Å². The van der Waals surface area contributed by atoms with E-state index in [1.807, 2.05) is 0 Å². The first-order valence-electron chi connectivity index (χ1n) is 7.40. The highest BCUT2D eigenvalue weighted by atomic mass is 15.2. The van der Waals surface area contributed by atoms with Gasteiger partial charge in [-0.1, -0.05) is 19.1 Å². The summed E-state index contributed by atoms with van der Waals surface area (Å²) in [5, 5.41) is 3.71. The molecule has 3 heteroatoms. The number of nitrogens with zero attached hydrogens (tertiary/aromatic N) is 2. The fourth-order valence-corrected chi connectivity index (χ4v) is 3.36. The van der Waals surface area contributed by atoms with Crippen LogP contribution in [0.15, 0.2) is 24.3 Å². The minimum atomic E-state index is 0.0727. The van der Waals surface area contributed by atoms with E-state index in [1.54, 1.807) is 0 Å². The molecule has 1 fully saturated rings. The number of benzene rings is 1. The average molecular weight is 257 g/mol. The van der Waals surface area contributed by atoms with Crippen molar-refractivity contribution >= 4 is 11.0 Å². The summed E-state index contributed by atoms with van der Waals surface area (Å²) in [7, 11) is 0. The summed E-state index contributed by atoms with van der Waals surface area (Å²) >= 11 is 0. The van der Waals surface area contributed by atoms with Gasteiger partial charge in [-0.3, -0.25) is 0 Å². The van der Waals surface area contributed by atoms with Crippen LogP contribution in [0.2, 0.25) is 0 Å². The second kappa shape index (κ2) is 4.64. The van der Waals surface area contributed by atoms with Gasteiger partial charge in [-0.25, -0.2) is 4.98 Å². The molecular weight excluding hydrogens is 234 g/mol. The molecule has 1 aromatic carbocycles. The monoisotopic (exact) mass is 257 g/mol. The Labute approximate surface area is 115 Å². The maximum atomic E-state index is 4.96. The van der Waals surface area contributed by atoms with E-state index in [4.69, 9.17) is 4.98 Å². The molecule has 3 nitrogen and oxygen atoms in total. The van der Waals surface area contributed by atoms with E-state index in [1.165, 1.54) is 24.2 Å². The number of hydrogen-bond acceptors (Lipinski definition) is 2. The van der Waals surface area contributed by atoms with Crippen molar-refractivity contribution < 1.29 is 0 Å². The molecule has 1 saturated heterocycles. The van der Waals surface area contributed by atoms with Crippen LogP contribution in [0.3, 0.4) is 0 Å². The normalized spacial score (nSPS) is 23.6. The lowest BCUT2D eigenvalue weighted by Crippen LogP contribution is -2.39. The first-order chi connectivity index (χ1) is 9.18. The average Bonchev–Trinajstić information content (AvgIpc) is 3.03. The number of aromatic nitrogens is 2. The van der Waals surface area contributed by atoms with Crippen LogP contribution in [-0.4, -0.2) is 16.1 Å². The van der Waals surface area contributed by atoms with Crippen molar-refractivity contribution in [1.82, 2.24) is 14.9 Å². The Bertz CT molecular complexity index is 577. The standard InChI is InChI=1S/C16H23N3/c1-4-16(10-7-11-17-16)15-18-13-8-5-6-9-14(13)19(15)12(2)3/h5-6,8-9,12,17H,4,7,10-11H2,1-3H3. The van der Waals surface area contributed by atoms with Crippen LogP contribution < -0.4 is 5.32 Å². The molecule has 3 rings (SSSR count). The minimum Gasteiger partial charge on any atom is -0.324 e. The van der Waals surface area contributed by atoms with Gasteiger partial charge in [-0.05, 0) is 51.8 Å². The molecule has 1 aliphatic heterocycles. The molecule has 0 radical (unpaired) electrons. The summed E-state index contributed by atoms with van der Waals surface area (Å²) in [6.07, 6.45) is 3.54. The molecule has 1 unspecified atom stereocenters. The van der Waals surface area contributed by atoms with E-state index in [9.17, 15) is 0 Å². The van der Waals surface area contributed by atoms with Gasteiger partial charge in [0.05, 0.1) is 16.6 Å². The molecule has 0 spiro atoms. The van der Waals surface area contributed by atoms with Gasteiger partial charge in [0, 0.05) is 6.04 Å². The highest BCUT2D eigenvalue weighted by Crippen LogP contribution is 2.36. The van der Waals surface area contributed by atoms with E-state index in [-0.39, 0.29) is 5.54 Å². The molecule has 1 aliphatic rings. The Balaban J connectivity index is 2.25. The van der Waals surface area contributed by atoms with Crippen LogP contribution in [0.1, 0.15) is 51.9 Å². The van der Waals surface area contributed by atoms with Gasteiger partial charge in [0.2, 0.25) is 0 Å². The SMILES string of the molecule is CCC1(c2nc3ccccc3n2C(C)C)CCCN1. The summed E-state index contributed by atoms with van der Waals surface area (Å²) in [6.45, 7) is 7.86. The number of hydrogen-bond donors (Lipinski definition) is 1. The molecule has 0 bridgehead atoms. The smallest absolute Gasteiger partial charge is 0.130 e. The Morgan fingerprint density at radius 2 is 2.16 bits per heavy atom. The second-order valence-electron chi connectivity index (χ2n) is 5.85. The molecule has 2 aromatic rings. The van der Waals surface area contributed by atoms with Gasteiger partial charge in [-0.2, -0.15) is 0 Å². The predicted octanol–water partition coefficient (Wildman–Crippen LogP) is 3.61. The Kier molecular flexibility index (Phi) is 3.09. The molecular formula is C16H23N3. The van der Waals surface area contributed by atoms with Crippen molar-refractivity contribution in [3.8, 4) is 0 Å². The van der Waals surface area contributed by atoms with E-state index in [0.29, 0.717) is 6.04 Å². The topological polar surface area (TPSA) is 29.9 Å². The zero-order valence-electron chi connectivity index (χ0n) is 12.1. The predicted molar refractivity (Wildman–Crippen MR) is 79.3 cm³/mol. The van der Waals surface area contributed by atoms with Gasteiger partial charge >= 0.3 is 0 Å². The zero-order valence-corrected chi connectivity index (χ0v) is 12.1. The summed E-state index contributed by atoms with van der Waals surface area (Å²) in [6, 6.07) is 8.92. The largest absolute Gasteiger partial charge is 0.324 e. The molecule has 0 amide bonds. The lowest BCUT2D eigenvalue weighted by atomic mass is 9.93. The van der Waals surface area contributed by atoms with Gasteiger partial charge < -0.3 is 9.88 Å². The third-order valence-electron chi connectivity index (χ3n) is 4.39. The first kappa shape index (κ1) is 12.7. The fourth-order valence-electron chi connectivity index (χ4n) is 3.36. The van der Waals surface area contributed by atoms with Gasteiger partial charge in [-0.15, -0.1) is 0 Å². The number of nitrogens with one attached hydrogen (secondary N) is 1. The third-order valence-corrected chi connectivity index (χ3v) is 4.39. The first-order valence-corrected chi connectivity index (χ1v) is 7.40. The highest BCUT2D eigenvalue weighted by Gasteiger charge is 2.38. The summed E-state index contributed by atoms with van der Waals surface area (Å²) in [5.74, 6) is 1.23. The molecule has 102 valence electrons. The van der Waals surface area contributed by atoms with Crippen molar-refractivity contribution in [2.75, 3.05) is 6.54 Å². The summed E-state index contributed by atoms with van der Waals surface area (Å²) in [4.78, 5) is 4.96. The second-order valence-corrected chi connectivity index (χ2v) is 5.85. The summed E-state index contributed by atoms with van der Waals surface area (Å²) in [5.41, 5.74) is 2.45. The highest BCUT2D eigenvalue weighted by molar-refractivity contribution is 5.76. The van der Waals surface area contributed by atoms with Crippen LogP contribution in [0, 0.1) is 0 Å². The lowest BCUT2D eigenvalue weighted by molar-refractivity contribution is 0.332. The maximum Gasteiger partial charge on any atom is 0.130 e. The molecule has 1 N–H and O–H groups in total. The molecule has 0 saturated carbocycles. The third kappa shape index (κ3) is 1.88. The number of rotatable bonds is 3. The van der Waals surface area contributed by atoms with E-state index in [2.05, 4.69) is 54.9 Å². The number of imidazole rings is 1. The Morgan fingerprint density at radius 3 is 2.79 bits per heavy atom. The van der Waals surface area contributed by atoms with Gasteiger partial charge in [0.25, 0.3) is 0 Å². The molecule has 1 atom stereocenters. The quantitative estimate of drug-likeness (QED) is 0.910. The van der Waals surface area contributed by atoms with Crippen LogP contribution in [-0.2, 0) is 5.54 Å². The van der Waals surface area contributed by atoms with Gasteiger partial charge in [0.15, 0.2) is 0 Å². The number of para-hydroxylation sites is 2. The molecule has 2 heterocycles. The molecule has 19 heavy (non-hydrogen) atoms. The van der Waals surface area contributed by atoms with Crippen molar-refractivity contribution in [1.29, 1.82) is 0 Å². The maximum absolute atomic E-state index is 4.96.